The summed E-state index contributed by atoms with van der Waals surface area (Å²) in [6.07, 6.45) is 0. The summed E-state index contributed by atoms with van der Waals surface area (Å²) >= 11 is 13.2. The van der Waals surface area contributed by atoms with Gasteiger partial charge in [0.15, 0.2) is 0 Å². The van der Waals surface area contributed by atoms with Gasteiger partial charge in [0, 0.05) is 15.8 Å². The number of benzene rings is 2. The van der Waals surface area contributed by atoms with E-state index in [1.807, 2.05) is 6.92 Å². The van der Waals surface area contributed by atoms with Crippen molar-refractivity contribution < 1.29 is 14.7 Å². The van der Waals surface area contributed by atoms with Gasteiger partial charge >= 0.3 is 0 Å². The molecule has 7 heteroatoms. The highest BCUT2D eigenvalue weighted by Gasteiger charge is 2.40. The van der Waals surface area contributed by atoms with Crippen LogP contribution in [0.25, 0.3) is 5.57 Å². The molecular formula is C19H15Cl2NO3S. The standard InChI is InChI=1S/C19H15Cl2NO3S/c1-11-2-5-14(21)10-15(11)22-18(24)16(12-3-6-13(20)7-4-12)17(19(22)25)26-9-8-23/h2-7,10,23H,8-9H2,1H3. The van der Waals surface area contributed by atoms with Gasteiger partial charge in [0.2, 0.25) is 0 Å². The zero-order valence-electron chi connectivity index (χ0n) is 13.8. The average Bonchev–Trinajstić information content (AvgIpc) is 2.86. The van der Waals surface area contributed by atoms with Gasteiger partial charge in [-0.05, 0) is 42.3 Å². The van der Waals surface area contributed by atoms with Crippen molar-refractivity contribution in [3.63, 3.8) is 0 Å². The molecule has 0 fully saturated rings. The Balaban J connectivity index is 2.11. The molecule has 2 aromatic carbocycles. The third kappa shape index (κ3) is 3.53. The number of aryl methyl sites for hydroxylation is 1. The Morgan fingerprint density at radius 2 is 1.65 bits per heavy atom. The molecule has 1 aliphatic heterocycles. The van der Waals surface area contributed by atoms with Gasteiger partial charge in [-0.25, -0.2) is 4.90 Å². The monoisotopic (exact) mass is 407 g/mol. The zero-order chi connectivity index (χ0) is 18.8. The lowest BCUT2D eigenvalue weighted by Gasteiger charge is -2.18. The number of halogens is 2. The molecule has 0 aromatic heterocycles. The molecule has 134 valence electrons. The summed E-state index contributed by atoms with van der Waals surface area (Å²) in [4.78, 5) is 27.6. The number of carbonyl (C=O) groups is 2. The summed E-state index contributed by atoms with van der Waals surface area (Å²) in [6.45, 7) is 1.72. The van der Waals surface area contributed by atoms with E-state index in [0.717, 1.165) is 22.2 Å². The number of thioether (sulfide) groups is 1. The molecule has 1 heterocycles. The van der Waals surface area contributed by atoms with Gasteiger partial charge in [-0.1, -0.05) is 41.4 Å². The van der Waals surface area contributed by atoms with Crippen molar-refractivity contribution in [3.05, 3.63) is 68.5 Å². The minimum Gasteiger partial charge on any atom is -0.396 e. The lowest BCUT2D eigenvalue weighted by molar-refractivity contribution is -0.119. The van der Waals surface area contributed by atoms with E-state index in [4.69, 9.17) is 28.3 Å². The normalized spacial score (nSPS) is 14.5. The van der Waals surface area contributed by atoms with Crippen molar-refractivity contribution in [2.75, 3.05) is 17.3 Å². The number of carbonyl (C=O) groups excluding carboxylic acids is 2. The van der Waals surface area contributed by atoms with Crippen molar-refractivity contribution in [2.45, 2.75) is 6.92 Å². The topological polar surface area (TPSA) is 57.6 Å². The highest BCUT2D eigenvalue weighted by Crippen LogP contribution is 2.40. The maximum atomic E-state index is 13.1. The van der Waals surface area contributed by atoms with Gasteiger partial charge in [0.25, 0.3) is 11.8 Å². The fourth-order valence-corrected chi connectivity index (χ4v) is 3.86. The Bertz CT molecular complexity index is 910. The van der Waals surface area contributed by atoms with Crippen molar-refractivity contribution in [1.29, 1.82) is 0 Å². The van der Waals surface area contributed by atoms with E-state index in [0.29, 0.717) is 37.5 Å². The number of hydrogen-bond donors (Lipinski definition) is 1. The average molecular weight is 408 g/mol. The molecule has 1 aliphatic rings. The van der Waals surface area contributed by atoms with E-state index in [-0.39, 0.29) is 6.61 Å². The molecule has 0 saturated carbocycles. The molecule has 3 rings (SSSR count). The van der Waals surface area contributed by atoms with Crippen LogP contribution in [0.2, 0.25) is 10.0 Å². The molecule has 2 amide bonds. The highest BCUT2D eigenvalue weighted by atomic mass is 35.5. The summed E-state index contributed by atoms with van der Waals surface area (Å²) in [5.74, 6) is -0.514. The Kier molecular flexibility index (Phi) is 5.73. The second-order valence-electron chi connectivity index (χ2n) is 5.66. The van der Waals surface area contributed by atoms with Crippen LogP contribution in [-0.4, -0.2) is 29.3 Å². The van der Waals surface area contributed by atoms with Crippen LogP contribution in [0.1, 0.15) is 11.1 Å². The van der Waals surface area contributed by atoms with Crippen LogP contribution in [0.3, 0.4) is 0 Å². The van der Waals surface area contributed by atoms with Gasteiger partial charge < -0.3 is 5.11 Å². The Morgan fingerprint density at radius 3 is 2.31 bits per heavy atom. The van der Waals surface area contributed by atoms with Crippen LogP contribution in [0.4, 0.5) is 5.69 Å². The lowest BCUT2D eigenvalue weighted by atomic mass is 10.1. The number of anilines is 1. The highest BCUT2D eigenvalue weighted by molar-refractivity contribution is 8.04. The van der Waals surface area contributed by atoms with Gasteiger partial charge in [-0.2, -0.15) is 0 Å². The Hall–Kier alpha value is -1.79. The van der Waals surface area contributed by atoms with Crippen LogP contribution in [0.5, 0.6) is 0 Å². The molecule has 0 saturated heterocycles. The predicted octanol–water partition coefficient (Wildman–Crippen LogP) is 4.31. The molecule has 0 bridgehead atoms. The molecule has 4 nitrogen and oxygen atoms in total. The Labute approximate surface area is 165 Å². The van der Waals surface area contributed by atoms with E-state index in [1.165, 1.54) is 0 Å². The van der Waals surface area contributed by atoms with Crippen LogP contribution >= 0.6 is 35.0 Å². The van der Waals surface area contributed by atoms with E-state index < -0.39 is 11.8 Å². The number of nitrogens with zero attached hydrogens (tertiary/aromatic N) is 1. The first kappa shape index (κ1) is 19.0. The second-order valence-corrected chi connectivity index (χ2v) is 7.64. The quantitative estimate of drug-likeness (QED) is 0.750. The third-order valence-corrected chi connectivity index (χ3v) is 5.47. The predicted molar refractivity (Wildman–Crippen MR) is 107 cm³/mol. The number of hydrogen-bond acceptors (Lipinski definition) is 4. The maximum absolute atomic E-state index is 13.1. The first-order valence-corrected chi connectivity index (χ1v) is 9.57. The van der Waals surface area contributed by atoms with Crippen LogP contribution in [0, 0.1) is 6.92 Å². The summed E-state index contributed by atoms with van der Waals surface area (Å²) < 4.78 is 0. The number of aliphatic hydroxyl groups excluding tert-OH is 1. The fraction of sp³-hybridized carbons (Fsp3) is 0.158. The molecule has 0 aliphatic carbocycles. The summed E-state index contributed by atoms with van der Waals surface area (Å²) in [5.41, 5.74) is 2.14. The van der Waals surface area contributed by atoms with Crippen molar-refractivity contribution in [3.8, 4) is 0 Å². The zero-order valence-corrected chi connectivity index (χ0v) is 16.2. The van der Waals surface area contributed by atoms with Crippen LogP contribution < -0.4 is 4.90 Å². The van der Waals surface area contributed by atoms with Crippen molar-refractivity contribution >= 4 is 58.0 Å². The maximum Gasteiger partial charge on any atom is 0.272 e. The van der Waals surface area contributed by atoms with Gasteiger partial charge in [0.1, 0.15) is 0 Å². The molecule has 26 heavy (non-hydrogen) atoms. The minimum absolute atomic E-state index is 0.0975. The first-order chi connectivity index (χ1) is 12.4. The molecule has 0 unspecified atom stereocenters. The number of rotatable bonds is 5. The lowest BCUT2D eigenvalue weighted by Crippen LogP contribution is -2.32. The molecule has 2 aromatic rings. The van der Waals surface area contributed by atoms with Gasteiger partial charge in [0.05, 0.1) is 22.8 Å². The second kappa shape index (κ2) is 7.84. The molecule has 0 radical (unpaired) electrons. The molecule has 0 atom stereocenters. The molecule has 0 spiro atoms. The smallest absolute Gasteiger partial charge is 0.272 e. The molecular weight excluding hydrogens is 393 g/mol. The minimum atomic E-state index is -0.414. The number of imide groups is 1. The SMILES string of the molecule is Cc1ccc(Cl)cc1N1C(=O)C(SCCO)=C(c2ccc(Cl)cc2)C1=O. The van der Waals surface area contributed by atoms with Crippen LogP contribution in [-0.2, 0) is 9.59 Å². The largest absolute Gasteiger partial charge is 0.396 e. The van der Waals surface area contributed by atoms with Gasteiger partial charge in [-0.15, -0.1) is 11.8 Å². The first-order valence-electron chi connectivity index (χ1n) is 7.83. The van der Waals surface area contributed by atoms with E-state index in [9.17, 15) is 9.59 Å². The van der Waals surface area contributed by atoms with E-state index >= 15 is 0 Å². The van der Waals surface area contributed by atoms with Crippen molar-refractivity contribution in [1.82, 2.24) is 0 Å². The summed E-state index contributed by atoms with van der Waals surface area (Å²) in [5, 5.41) is 10.1. The number of aliphatic hydroxyl groups is 1. The van der Waals surface area contributed by atoms with Gasteiger partial charge in [-0.3, -0.25) is 9.59 Å². The van der Waals surface area contributed by atoms with E-state index in [1.54, 1.807) is 42.5 Å². The number of amides is 2. The fourth-order valence-electron chi connectivity index (χ4n) is 2.70. The Morgan fingerprint density at radius 1 is 1.00 bits per heavy atom. The van der Waals surface area contributed by atoms with Crippen molar-refractivity contribution in [2.24, 2.45) is 0 Å². The third-order valence-electron chi connectivity index (χ3n) is 3.92. The van der Waals surface area contributed by atoms with Crippen LogP contribution in [0.15, 0.2) is 47.4 Å². The summed E-state index contributed by atoms with van der Waals surface area (Å²) in [7, 11) is 0. The van der Waals surface area contributed by atoms with E-state index in [2.05, 4.69) is 0 Å². The molecule has 1 N–H and O–H groups in total. The summed E-state index contributed by atoms with van der Waals surface area (Å²) in [6, 6.07) is 11.8.